The van der Waals surface area contributed by atoms with Crippen LogP contribution in [0.2, 0.25) is 0 Å². The van der Waals surface area contributed by atoms with Crippen LogP contribution in [0.4, 0.5) is 0 Å². The Hall–Kier alpha value is -2.50. The lowest BCUT2D eigenvalue weighted by Gasteiger charge is -2.22. The first kappa shape index (κ1) is 13.9. The molecule has 1 aromatic carbocycles. The van der Waals surface area contributed by atoms with Gasteiger partial charge in [-0.3, -0.25) is 14.5 Å². The smallest absolute Gasteiger partial charge is 0.240 e. The highest BCUT2D eigenvalue weighted by molar-refractivity contribution is 6.09. The summed E-state index contributed by atoms with van der Waals surface area (Å²) in [7, 11) is 0. The summed E-state index contributed by atoms with van der Waals surface area (Å²) in [6.07, 6.45) is 3.94. The molecule has 2 aromatic rings. The van der Waals surface area contributed by atoms with Crippen LogP contribution in [0.25, 0.3) is 0 Å². The van der Waals surface area contributed by atoms with Gasteiger partial charge in [0.05, 0.1) is 12.0 Å². The van der Waals surface area contributed by atoms with Gasteiger partial charge in [-0.15, -0.1) is 0 Å². The normalized spacial score (nSPS) is 25.8. The minimum atomic E-state index is -0.684. The topological polar surface area (TPSA) is 76.3 Å². The molecule has 2 heterocycles. The zero-order valence-electron chi connectivity index (χ0n) is 13.2. The summed E-state index contributed by atoms with van der Waals surface area (Å²) in [6, 6.07) is 7.95. The first-order chi connectivity index (χ1) is 11.7. The second-order valence-corrected chi connectivity index (χ2v) is 7.02. The number of carbonyl (C=O) groups is 2. The van der Waals surface area contributed by atoms with Crippen LogP contribution in [0, 0.1) is 0 Å². The van der Waals surface area contributed by atoms with Crippen LogP contribution in [0.1, 0.15) is 54.4 Å². The van der Waals surface area contributed by atoms with E-state index in [1.54, 1.807) is 0 Å². The minimum Gasteiger partial charge on any atom is -0.339 e. The van der Waals surface area contributed by atoms with E-state index < -0.39 is 5.41 Å². The Kier molecular flexibility index (Phi) is 2.75. The summed E-state index contributed by atoms with van der Waals surface area (Å²) in [5, 5.41) is 3.94. The number of hydrogen-bond donors (Lipinski definition) is 0. The molecule has 1 saturated heterocycles. The van der Waals surface area contributed by atoms with Gasteiger partial charge >= 0.3 is 0 Å². The van der Waals surface area contributed by atoms with E-state index in [0.717, 1.165) is 24.8 Å². The lowest BCUT2D eigenvalue weighted by Crippen LogP contribution is -2.37. The Morgan fingerprint density at radius 2 is 2.08 bits per heavy atom. The summed E-state index contributed by atoms with van der Waals surface area (Å²) < 4.78 is 5.23. The van der Waals surface area contributed by atoms with Crippen molar-refractivity contribution in [2.24, 2.45) is 0 Å². The first-order valence-corrected chi connectivity index (χ1v) is 8.43. The van der Waals surface area contributed by atoms with Crippen molar-refractivity contribution >= 4 is 11.8 Å². The van der Waals surface area contributed by atoms with Crippen molar-refractivity contribution in [1.82, 2.24) is 15.0 Å². The van der Waals surface area contributed by atoms with Crippen molar-refractivity contribution in [2.75, 3.05) is 0 Å². The number of amides is 2. The van der Waals surface area contributed by atoms with Crippen molar-refractivity contribution in [3.63, 3.8) is 0 Å². The Morgan fingerprint density at radius 1 is 1.25 bits per heavy atom. The van der Waals surface area contributed by atoms with Gasteiger partial charge in [0.15, 0.2) is 5.82 Å². The predicted octanol–water partition coefficient (Wildman–Crippen LogP) is 2.09. The zero-order valence-corrected chi connectivity index (χ0v) is 13.2. The Balaban J connectivity index is 1.44. The van der Waals surface area contributed by atoms with E-state index in [0.29, 0.717) is 24.1 Å². The van der Waals surface area contributed by atoms with E-state index in [2.05, 4.69) is 10.1 Å². The van der Waals surface area contributed by atoms with E-state index in [-0.39, 0.29) is 24.8 Å². The zero-order chi connectivity index (χ0) is 16.3. The molecule has 2 amide bonds. The molecule has 1 aromatic heterocycles. The molecule has 6 nitrogen and oxygen atoms in total. The number of carbonyl (C=O) groups excluding carboxylic acids is 2. The largest absolute Gasteiger partial charge is 0.339 e. The molecule has 24 heavy (non-hydrogen) atoms. The van der Waals surface area contributed by atoms with E-state index in [9.17, 15) is 9.59 Å². The molecule has 2 fully saturated rings. The summed E-state index contributed by atoms with van der Waals surface area (Å²) in [5.41, 5.74) is 1.50. The fourth-order valence-electron chi connectivity index (χ4n) is 4.02. The second kappa shape index (κ2) is 4.75. The third-order valence-corrected chi connectivity index (χ3v) is 5.47. The van der Waals surface area contributed by atoms with Crippen molar-refractivity contribution < 1.29 is 14.1 Å². The average Bonchev–Trinajstić information content (AvgIpc) is 3.15. The van der Waals surface area contributed by atoms with Crippen LogP contribution in [0.5, 0.6) is 0 Å². The number of benzene rings is 1. The van der Waals surface area contributed by atoms with Gasteiger partial charge in [0.2, 0.25) is 17.7 Å². The molecule has 1 atom stereocenters. The summed E-state index contributed by atoms with van der Waals surface area (Å²) in [5.74, 6) is 1.15. The van der Waals surface area contributed by atoms with Gasteiger partial charge in [0.25, 0.3) is 0 Å². The number of fused-ring (bicyclic) bond motifs is 2. The van der Waals surface area contributed by atoms with Crippen molar-refractivity contribution in [3.05, 3.63) is 47.1 Å². The summed E-state index contributed by atoms with van der Waals surface area (Å²) >= 11 is 0. The molecule has 1 saturated carbocycles. The predicted molar refractivity (Wildman–Crippen MR) is 82.9 cm³/mol. The molecule has 1 aliphatic heterocycles. The van der Waals surface area contributed by atoms with Crippen molar-refractivity contribution in [3.8, 4) is 0 Å². The van der Waals surface area contributed by atoms with Crippen LogP contribution in [0.15, 0.2) is 28.8 Å². The van der Waals surface area contributed by atoms with E-state index in [4.69, 9.17) is 4.52 Å². The highest BCUT2D eigenvalue weighted by Gasteiger charge is 2.55. The van der Waals surface area contributed by atoms with Gasteiger partial charge in [0, 0.05) is 12.3 Å². The average molecular weight is 323 g/mol. The molecule has 0 N–H and O–H groups in total. The summed E-state index contributed by atoms with van der Waals surface area (Å²) in [6.45, 7) is 0.109. The number of likely N-dealkylation sites (tertiary alicyclic amines) is 1. The standard InChI is InChI=1S/C18H17N3O3/c22-15-9-18(8-7-11-3-1-2-4-13(11)18)17(23)21(15)10-14-19-16(24-20-14)12-5-6-12/h1-4,12H,5-10H2/t18-/m1/s1. The highest BCUT2D eigenvalue weighted by Crippen LogP contribution is 2.47. The lowest BCUT2D eigenvalue weighted by atomic mass is 9.80. The summed E-state index contributed by atoms with van der Waals surface area (Å²) in [4.78, 5) is 31.3. The Labute approximate surface area is 138 Å². The van der Waals surface area contributed by atoms with E-state index in [1.165, 1.54) is 10.5 Å². The number of nitrogens with zero attached hydrogens (tertiary/aromatic N) is 3. The van der Waals surface area contributed by atoms with Crippen LogP contribution in [-0.4, -0.2) is 26.9 Å². The van der Waals surface area contributed by atoms with Gasteiger partial charge < -0.3 is 4.52 Å². The van der Waals surface area contributed by atoms with Crippen molar-refractivity contribution in [2.45, 2.75) is 50.0 Å². The highest BCUT2D eigenvalue weighted by atomic mass is 16.5. The quantitative estimate of drug-likeness (QED) is 0.808. The third kappa shape index (κ3) is 1.89. The van der Waals surface area contributed by atoms with Crippen LogP contribution in [-0.2, 0) is 28.0 Å². The van der Waals surface area contributed by atoms with Crippen LogP contribution >= 0.6 is 0 Å². The maximum absolute atomic E-state index is 13.1. The maximum atomic E-state index is 13.1. The van der Waals surface area contributed by atoms with Crippen LogP contribution in [0.3, 0.4) is 0 Å². The molecule has 0 bridgehead atoms. The second-order valence-electron chi connectivity index (χ2n) is 7.02. The molecular formula is C18H17N3O3. The van der Waals surface area contributed by atoms with Crippen molar-refractivity contribution in [1.29, 1.82) is 0 Å². The maximum Gasteiger partial charge on any atom is 0.240 e. The molecule has 3 aliphatic rings. The number of rotatable bonds is 3. The Bertz CT molecular complexity index is 855. The number of imide groups is 1. The molecule has 122 valence electrons. The lowest BCUT2D eigenvalue weighted by molar-refractivity contribution is -0.140. The third-order valence-electron chi connectivity index (χ3n) is 5.47. The van der Waals surface area contributed by atoms with Gasteiger partial charge in [0.1, 0.15) is 0 Å². The van der Waals surface area contributed by atoms with Gasteiger partial charge in [-0.1, -0.05) is 29.4 Å². The van der Waals surface area contributed by atoms with Gasteiger partial charge in [-0.25, -0.2) is 0 Å². The molecule has 2 aliphatic carbocycles. The molecule has 5 rings (SSSR count). The number of hydrogen-bond acceptors (Lipinski definition) is 5. The van der Waals surface area contributed by atoms with E-state index in [1.807, 2.05) is 24.3 Å². The monoisotopic (exact) mass is 323 g/mol. The fourth-order valence-corrected chi connectivity index (χ4v) is 4.02. The molecule has 0 unspecified atom stereocenters. The van der Waals surface area contributed by atoms with Crippen LogP contribution < -0.4 is 0 Å². The fraction of sp³-hybridized carbons (Fsp3) is 0.444. The van der Waals surface area contributed by atoms with Gasteiger partial charge in [-0.05, 0) is 36.8 Å². The molecular weight excluding hydrogens is 306 g/mol. The first-order valence-electron chi connectivity index (χ1n) is 8.43. The molecule has 6 heteroatoms. The minimum absolute atomic E-state index is 0.109. The number of aromatic nitrogens is 2. The SMILES string of the molecule is O=C1C[C@@]2(CCc3ccccc32)C(=O)N1Cc1noc(C2CC2)n1. The number of aryl methyl sites for hydroxylation is 1. The van der Waals surface area contributed by atoms with E-state index >= 15 is 0 Å². The van der Waals surface area contributed by atoms with Gasteiger partial charge in [-0.2, -0.15) is 4.98 Å². The Morgan fingerprint density at radius 3 is 2.92 bits per heavy atom. The molecule has 0 radical (unpaired) electrons. The molecule has 1 spiro atoms.